The molecule has 0 aliphatic carbocycles. The van der Waals surface area contributed by atoms with Crippen molar-refractivity contribution in [2.75, 3.05) is 5.32 Å². The van der Waals surface area contributed by atoms with Gasteiger partial charge in [0.25, 0.3) is 0 Å². The summed E-state index contributed by atoms with van der Waals surface area (Å²) in [7, 11) is 0. The first-order valence-corrected chi connectivity index (χ1v) is 5.16. The van der Waals surface area contributed by atoms with E-state index in [1.165, 1.54) is 6.07 Å². The number of benzene rings is 1. The molecule has 0 fully saturated rings. The lowest BCUT2D eigenvalue weighted by Gasteiger charge is -2.36. The summed E-state index contributed by atoms with van der Waals surface area (Å²) >= 11 is 5.57. The number of carbonyl (C=O) groups excluding carboxylic acids is 1. The molecule has 1 aliphatic rings. The Morgan fingerprint density at radius 1 is 1.42 bits per heavy atom. The van der Waals surface area contributed by atoms with Crippen LogP contribution in [0.4, 0.5) is 23.7 Å². The summed E-state index contributed by atoms with van der Waals surface area (Å²) in [6.07, 6.45) is -6.84. The number of hydrogen-bond acceptors (Lipinski definition) is 3. The van der Waals surface area contributed by atoms with Crippen molar-refractivity contribution in [2.45, 2.75) is 11.8 Å². The maximum atomic E-state index is 13.1. The maximum Gasteiger partial charge on any atom is 0.444 e. The van der Waals surface area contributed by atoms with Crippen LogP contribution < -0.4 is 5.32 Å². The lowest BCUT2D eigenvalue weighted by atomic mass is 9.90. The van der Waals surface area contributed by atoms with Gasteiger partial charge in [-0.15, -0.1) is 0 Å². The van der Waals surface area contributed by atoms with Crippen LogP contribution in [0.15, 0.2) is 18.2 Å². The predicted molar refractivity (Wildman–Crippen MR) is 56.9 cm³/mol. The van der Waals surface area contributed by atoms with Crippen molar-refractivity contribution >= 4 is 29.4 Å². The quantitative estimate of drug-likeness (QED) is 0.835. The minimum absolute atomic E-state index is 0.117. The lowest BCUT2D eigenvalue weighted by Crippen LogP contribution is -2.55. The van der Waals surface area contributed by atoms with Gasteiger partial charge < -0.3 is 9.84 Å². The molecule has 102 valence electrons. The van der Waals surface area contributed by atoms with E-state index in [9.17, 15) is 22.8 Å². The van der Waals surface area contributed by atoms with E-state index in [0.29, 0.717) is 0 Å². The fourth-order valence-corrected chi connectivity index (χ4v) is 1.91. The highest BCUT2D eigenvalue weighted by Crippen LogP contribution is 2.48. The number of hydrogen-bond donors (Lipinski definition) is 2. The topological polar surface area (TPSA) is 75.6 Å². The van der Waals surface area contributed by atoms with Crippen molar-refractivity contribution in [1.29, 1.82) is 0 Å². The first kappa shape index (κ1) is 13.5. The van der Waals surface area contributed by atoms with Crippen molar-refractivity contribution in [3.05, 3.63) is 28.8 Å². The summed E-state index contributed by atoms with van der Waals surface area (Å²) in [5, 5.41) is 10.8. The second-order valence-electron chi connectivity index (χ2n) is 3.69. The van der Waals surface area contributed by atoms with Gasteiger partial charge in [0.15, 0.2) is 0 Å². The van der Waals surface area contributed by atoms with Crippen molar-refractivity contribution in [3.63, 3.8) is 0 Å². The van der Waals surface area contributed by atoms with Crippen molar-refractivity contribution in [2.24, 2.45) is 0 Å². The third kappa shape index (κ3) is 1.88. The van der Waals surface area contributed by atoms with E-state index in [1.807, 2.05) is 5.32 Å². The van der Waals surface area contributed by atoms with E-state index >= 15 is 0 Å². The highest BCUT2D eigenvalue weighted by Gasteiger charge is 2.68. The molecular weight excluding hydrogens is 291 g/mol. The van der Waals surface area contributed by atoms with Gasteiger partial charge in [0.05, 0.1) is 5.69 Å². The monoisotopic (exact) mass is 295 g/mol. The molecule has 1 aromatic carbocycles. The van der Waals surface area contributed by atoms with Crippen LogP contribution in [0, 0.1) is 0 Å². The Bertz CT molecular complexity index is 574. The number of carboxylic acid groups (broad SMARTS) is 1. The molecule has 2 N–H and O–H groups in total. The number of aliphatic carboxylic acids is 1. The molecule has 1 atom stereocenters. The average Bonchev–Trinajstić information content (AvgIpc) is 2.26. The van der Waals surface area contributed by atoms with Gasteiger partial charge in [-0.3, -0.25) is 5.32 Å². The lowest BCUT2D eigenvalue weighted by molar-refractivity contribution is -0.263. The molecule has 19 heavy (non-hydrogen) atoms. The Balaban J connectivity index is 2.79. The molecule has 0 saturated heterocycles. The summed E-state index contributed by atoms with van der Waals surface area (Å²) in [6.45, 7) is 0. The molecule has 0 unspecified atom stereocenters. The summed E-state index contributed by atoms with van der Waals surface area (Å²) in [4.78, 5) is 22.2. The number of alkyl halides is 3. The van der Waals surface area contributed by atoms with E-state index in [4.69, 9.17) is 16.7 Å². The Morgan fingerprint density at radius 2 is 2.05 bits per heavy atom. The molecule has 0 aromatic heterocycles. The van der Waals surface area contributed by atoms with Gasteiger partial charge in [0.2, 0.25) is 0 Å². The Kier molecular flexibility index (Phi) is 2.85. The van der Waals surface area contributed by atoms with Crippen LogP contribution in [0.1, 0.15) is 5.56 Å². The van der Waals surface area contributed by atoms with Gasteiger partial charge in [0, 0.05) is 10.6 Å². The molecular formula is C10H5ClF3NO4. The van der Waals surface area contributed by atoms with Gasteiger partial charge in [0.1, 0.15) is 0 Å². The van der Waals surface area contributed by atoms with E-state index < -0.39 is 29.4 Å². The van der Waals surface area contributed by atoms with Crippen molar-refractivity contribution in [1.82, 2.24) is 0 Å². The smallest absolute Gasteiger partial charge is 0.444 e. The first-order valence-electron chi connectivity index (χ1n) is 4.78. The molecule has 5 nitrogen and oxygen atoms in total. The van der Waals surface area contributed by atoms with Gasteiger partial charge >= 0.3 is 23.8 Å². The van der Waals surface area contributed by atoms with Crippen LogP contribution >= 0.6 is 11.6 Å². The average molecular weight is 296 g/mol. The van der Waals surface area contributed by atoms with Crippen LogP contribution in [0.2, 0.25) is 5.02 Å². The molecule has 0 spiro atoms. The molecule has 1 heterocycles. The van der Waals surface area contributed by atoms with Crippen LogP contribution in [-0.2, 0) is 15.1 Å². The number of anilines is 1. The first-order chi connectivity index (χ1) is 8.68. The highest BCUT2D eigenvalue weighted by molar-refractivity contribution is 6.30. The minimum Gasteiger partial charge on any atom is -0.478 e. The summed E-state index contributed by atoms with van der Waals surface area (Å²) in [6, 6.07) is 3.08. The zero-order valence-corrected chi connectivity index (χ0v) is 9.67. The fraction of sp³-hybridized carbons (Fsp3) is 0.200. The molecule has 1 amide bonds. The van der Waals surface area contributed by atoms with Crippen LogP contribution in [0.3, 0.4) is 0 Å². The van der Waals surface area contributed by atoms with Crippen LogP contribution in [-0.4, -0.2) is 23.3 Å². The molecule has 1 aromatic rings. The molecule has 1 aliphatic heterocycles. The predicted octanol–water partition coefficient (Wildman–Crippen LogP) is 2.74. The number of nitrogens with one attached hydrogen (secondary N) is 1. The van der Waals surface area contributed by atoms with E-state index in [0.717, 1.165) is 12.1 Å². The van der Waals surface area contributed by atoms with Crippen molar-refractivity contribution in [3.8, 4) is 0 Å². The number of ether oxygens (including phenoxy) is 1. The summed E-state index contributed by atoms with van der Waals surface area (Å²) < 4.78 is 43.4. The number of amides is 1. The Morgan fingerprint density at radius 3 is 2.58 bits per heavy atom. The number of cyclic esters (lactones) is 1. The molecule has 2 rings (SSSR count). The largest absolute Gasteiger partial charge is 0.478 e. The van der Waals surface area contributed by atoms with Gasteiger partial charge in [-0.2, -0.15) is 13.2 Å². The number of rotatable bonds is 1. The second kappa shape index (κ2) is 4.02. The zero-order valence-electron chi connectivity index (χ0n) is 8.92. The SMILES string of the molecule is O=C1Nc2ccc(Cl)cc2[C@@](C(=O)O)(C(F)(F)F)O1. The number of halogens is 4. The highest BCUT2D eigenvalue weighted by atomic mass is 35.5. The summed E-state index contributed by atoms with van der Waals surface area (Å²) in [5.41, 5.74) is -4.87. The third-order valence-corrected chi connectivity index (χ3v) is 2.78. The van der Waals surface area contributed by atoms with E-state index in [2.05, 4.69) is 4.74 Å². The Labute approximate surface area is 108 Å². The number of fused-ring (bicyclic) bond motifs is 1. The molecule has 0 bridgehead atoms. The van der Waals surface area contributed by atoms with E-state index in [1.54, 1.807) is 0 Å². The standard InChI is InChI=1S/C10H5ClF3NO4/c11-4-1-2-6-5(3-4)9(7(16)17,10(12,13)14)19-8(18)15-6/h1-3H,(H,15,18)(H,16,17)/t9-/m1/s1. The third-order valence-electron chi connectivity index (χ3n) is 2.54. The molecule has 0 saturated carbocycles. The van der Waals surface area contributed by atoms with Crippen LogP contribution in [0.25, 0.3) is 0 Å². The fourth-order valence-electron chi connectivity index (χ4n) is 1.74. The van der Waals surface area contributed by atoms with Gasteiger partial charge in [-0.1, -0.05) is 11.6 Å². The normalized spacial score (nSPS) is 22.2. The Hall–Kier alpha value is -1.96. The molecule has 0 radical (unpaired) electrons. The van der Waals surface area contributed by atoms with Gasteiger partial charge in [-0.05, 0) is 18.2 Å². The minimum atomic E-state index is -5.34. The zero-order chi connectivity index (χ0) is 14.4. The summed E-state index contributed by atoms with van der Waals surface area (Å²) in [5.74, 6) is -2.35. The van der Waals surface area contributed by atoms with E-state index in [-0.39, 0.29) is 10.7 Å². The molecule has 9 heteroatoms. The second-order valence-corrected chi connectivity index (χ2v) is 4.12. The number of carboxylic acids is 1. The van der Waals surface area contributed by atoms with Crippen LogP contribution in [0.5, 0.6) is 0 Å². The maximum absolute atomic E-state index is 13.1. The number of carbonyl (C=O) groups is 2. The van der Waals surface area contributed by atoms with Crippen molar-refractivity contribution < 1.29 is 32.6 Å². The van der Waals surface area contributed by atoms with Gasteiger partial charge in [-0.25, -0.2) is 9.59 Å².